The molecule has 0 bridgehead atoms. The van der Waals surface area contributed by atoms with E-state index in [-0.39, 0.29) is 12.0 Å². The molecule has 0 amide bonds. The normalized spacial score (nSPS) is 20.5. The number of hydrogen-bond acceptors (Lipinski definition) is 2. The van der Waals surface area contributed by atoms with Gasteiger partial charge in [0.25, 0.3) is 0 Å². The molecule has 0 radical (unpaired) electrons. The van der Waals surface area contributed by atoms with Gasteiger partial charge in [0.05, 0.1) is 6.61 Å². The second-order valence-corrected chi connectivity index (χ2v) is 3.33. The summed E-state index contributed by atoms with van der Waals surface area (Å²) in [6.07, 6.45) is 3.74. The number of quaternary nitrogens is 1. The summed E-state index contributed by atoms with van der Waals surface area (Å²) in [5, 5.41) is 0. The van der Waals surface area contributed by atoms with E-state index in [1.165, 1.54) is 19.3 Å². The lowest BCUT2D eigenvalue weighted by atomic mass is 9.86. The van der Waals surface area contributed by atoms with Gasteiger partial charge in [0, 0.05) is 0 Å². The summed E-state index contributed by atoms with van der Waals surface area (Å²) in [6, 6.07) is -0.227. The van der Waals surface area contributed by atoms with Crippen molar-refractivity contribution in [2.45, 2.75) is 32.2 Å². The standard InChI is InChI=1S/C8H15NO2/c1-6(9)8(10)11-5-7-3-2-4-7/h6-7H,2-5,9H2,1H3/p+1/t6-/m0/s1. The molecule has 1 rings (SSSR count). The zero-order valence-electron chi connectivity index (χ0n) is 7.01. The van der Waals surface area contributed by atoms with E-state index in [0.717, 1.165) is 0 Å². The molecule has 64 valence electrons. The molecule has 3 heteroatoms. The highest BCUT2D eigenvalue weighted by Gasteiger charge is 2.20. The first kappa shape index (κ1) is 8.53. The van der Waals surface area contributed by atoms with E-state index >= 15 is 0 Å². The van der Waals surface area contributed by atoms with E-state index in [2.05, 4.69) is 5.73 Å². The zero-order chi connectivity index (χ0) is 8.27. The number of esters is 1. The first-order valence-corrected chi connectivity index (χ1v) is 4.20. The van der Waals surface area contributed by atoms with Crippen LogP contribution in [0.1, 0.15) is 26.2 Å². The van der Waals surface area contributed by atoms with Crippen molar-refractivity contribution in [2.75, 3.05) is 6.61 Å². The largest absolute Gasteiger partial charge is 0.461 e. The maximum Gasteiger partial charge on any atom is 0.364 e. The van der Waals surface area contributed by atoms with Gasteiger partial charge in [0.15, 0.2) is 6.04 Å². The first-order valence-electron chi connectivity index (χ1n) is 4.20. The SMILES string of the molecule is C[C@H]([NH3+])C(=O)OCC1CCC1. The molecule has 0 aromatic heterocycles. The molecule has 1 saturated carbocycles. The second kappa shape index (κ2) is 3.72. The summed E-state index contributed by atoms with van der Waals surface area (Å²) < 4.78 is 5.01. The van der Waals surface area contributed by atoms with Gasteiger partial charge in [-0.25, -0.2) is 4.79 Å². The van der Waals surface area contributed by atoms with Crippen LogP contribution in [0.2, 0.25) is 0 Å². The second-order valence-electron chi connectivity index (χ2n) is 3.33. The lowest BCUT2D eigenvalue weighted by Crippen LogP contribution is -2.63. The maximum absolute atomic E-state index is 10.9. The fourth-order valence-corrected chi connectivity index (χ4v) is 1.00. The monoisotopic (exact) mass is 158 g/mol. The van der Waals surface area contributed by atoms with E-state index in [1.54, 1.807) is 6.92 Å². The van der Waals surface area contributed by atoms with E-state index in [0.29, 0.717) is 12.5 Å². The van der Waals surface area contributed by atoms with Crippen molar-refractivity contribution in [3.05, 3.63) is 0 Å². The van der Waals surface area contributed by atoms with Gasteiger partial charge in [-0.2, -0.15) is 0 Å². The third-order valence-electron chi connectivity index (χ3n) is 2.09. The van der Waals surface area contributed by atoms with E-state index in [1.807, 2.05) is 0 Å². The Kier molecular flexibility index (Phi) is 2.88. The summed E-state index contributed by atoms with van der Waals surface area (Å²) in [5.74, 6) is 0.467. The first-order chi connectivity index (χ1) is 5.20. The van der Waals surface area contributed by atoms with Gasteiger partial charge in [-0.05, 0) is 25.7 Å². The number of hydrogen-bond donors (Lipinski definition) is 1. The van der Waals surface area contributed by atoms with Gasteiger partial charge in [-0.1, -0.05) is 6.42 Å². The Morgan fingerprint density at radius 2 is 2.36 bits per heavy atom. The van der Waals surface area contributed by atoms with Gasteiger partial charge in [0.1, 0.15) is 0 Å². The Bertz CT molecular complexity index is 141. The van der Waals surface area contributed by atoms with Crippen LogP contribution in [-0.4, -0.2) is 18.6 Å². The summed E-state index contributed by atoms with van der Waals surface area (Å²) >= 11 is 0. The van der Waals surface area contributed by atoms with Crippen molar-refractivity contribution >= 4 is 5.97 Å². The lowest BCUT2D eigenvalue weighted by molar-refractivity contribution is -0.403. The van der Waals surface area contributed by atoms with E-state index in [4.69, 9.17) is 4.74 Å². The highest BCUT2D eigenvalue weighted by atomic mass is 16.5. The smallest absolute Gasteiger partial charge is 0.364 e. The predicted molar refractivity (Wildman–Crippen MR) is 40.7 cm³/mol. The Balaban J connectivity index is 2.06. The molecule has 0 aromatic carbocycles. The van der Waals surface area contributed by atoms with Crippen molar-refractivity contribution in [1.29, 1.82) is 0 Å². The van der Waals surface area contributed by atoms with Gasteiger partial charge < -0.3 is 10.5 Å². The Morgan fingerprint density at radius 1 is 1.73 bits per heavy atom. The molecule has 1 aliphatic carbocycles. The maximum atomic E-state index is 10.9. The van der Waals surface area contributed by atoms with Gasteiger partial charge >= 0.3 is 5.97 Å². The lowest BCUT2D eigenvalue weighted by Gasteiger charge is -2.24. The predicted octanol–water partition coefficient (Wildman–Crippen LogP) is -0.0399. The molecule has 0 unspecified atom stereocenters. The van der Waals surface area contributed by atoms with Crippen LogP contribution in [0.3, 0.4) is 0 Å². The number of carbonyl (C=O) groups excluding carboxylic acids is 1. The van der Waals surface area contributed by atoms with Gasteiger partial charge in [-0.15, -0.1) is 0 Å². The van der Waals surface area contributed by atoms with Crippen LogP contribution in [0, 0.1) is 5.92 Å². The molecular weight excluding hydrogens is 142 g/mol. The highest BCUT2D eigenvalue weighted by molar-refractivity contribution is 5.73. The molecular formula is C8H16NO2+. The minimum Gasteiger partial charge on any atom is -0.461 e. The third kappa shape index (κ3) is 2.50. The summed E-state index contributed by atoms with van der Waals surface area (Å²) in [7, 11) is 0. The highest BCUT2D eigenvalue weighted by Crippen LogP contribution is 2.26. The summed E-state index contributed by atoms with van der Waals surface area (Å²) in [4.78, 5) is 10.9. The van der Waals surface area contributed by atoms with Crippen LogP contribution < -0.4 is 5.73 Å². The van der Waals surface area contributed by atoms with Crippen LogP contribution in [0.5, 0.6) is 0 Å². The van der Waals surface area contributed by atoms with Crippen molar-refractivity contribution in [1.82, 2.24) is 0 Å². The fraction of sp³-hybridized carbons (Fsp3) is 0.875. The fourth-order valence-electron chi connectivity index (χ4n) is 1.00. The van der Waals surface area contributed by atoms with Crippen LogP contribution in [-0.2, 0) is 9.53 Å². The Hall–Kier alpha value is -0.570. The van der Waals surface area contributed by atoms with Gasteiger partial charge in [-0.3, -0.25) is 0 Å². The van der Waals surface area contributed by atoms with Crippen LogP contribution in [0.15, 0.2) is 0 Å². The van der Waals surface area contributed by atoms with Gasteiger partial charge in [0.2, 0.25) is 0 Å². The van der Waals surface area contributed by atoms with Crippen LogP contribution in [0.25, 0.3) is 0 Å². The third-order valence-corrected chi connectivity index (χ3v) is 2.09. The molecule has 0 spiro atoms. The Labute approximate surface area is 66.9 Å². The molecule has 0 aliphatic heterocycles. The van der Waals surface area contributed by atoms with Crippen LogP contribution >= 0.6 is 0 Å². The molecule has 0 saturated heterocycles. The average molecular weight is 158 g/mol. The van der Waals surface area contributed by atoms with E-state index < -0.39 is 0 Å². The molecule has 3 nitrogen and oxygen atoms in total. The van der Waals surface area contributed by atoms with E-state index in [9.17, 15) is 4.79 Å². The minimum atomic E-state index is -0.227. The van der Waals surface area contributed by atoms with Crippen molar-refractivity contribution in [2.24, 2.45) is 5.92 Å². The van der Waals surface area contributed by atoms with Crippen molar-refractivity contribution in [3.63, 3.8) is 0 Å². The molecule has 1 atom stereocenters. The van der Waals surface area contributed by atoms with Crippen LogP contribution in [0.4, 0.5) is 0 Å². The molecule has 3 N–H and O–H groups in total. The molecule has 0 heterocycles. The molecule has 1 aliphatic rings. The number of ether oxygens (including phenoxy) is 1. The molecule has 1 fully saturated rings. The topological polar surface area (TPSA) is 53.9 Å². The average Bonchev–Trinajstić information content (AvgIpc) is 1.83. The minimum absolute atomic E-state index is 0.170. The molecule has 11 heavy (non-hydrogen) atoms. The quantitative estimate of drug-likeness (QED) is 0.586. The molecule has 0 aromatic rings. The van der Waals surface area contributed by atoms with Crippen molar-refractivity contribution < 1.29 is 15.3 Å². The zero-order valence-corrected chi connectivity index (χ0v) is 7.01. The Morgan fingerprint density at radius 3 is 2.73 bits per heavy atom. The summed E-state index contributed by atoms with van der Waals surface area (Å²) in [6.45, 7) is 2.36. The summed E-state index contributed by atoms with van der Waals surface area (Å²) in [5.41, 5.74) is 3.59. The number of rotatable bonds is 3. The van der Waals surface area contributed by atoms with Crippen molar-refractivity contribution in [3.8, 4) is 0 Å². The number of carbonyl (C=O) groups is 1.